The molecule has 2 atom stereocenters. The van der Waals surface area contributed by atoms with Crippen molar-refractivity contribution in [2.45, 2.75) is 19.4 Å². The summed E-state index contributed by atoms with van der Waals surface area (Å²) in [5.41, 5.74) is 6.22. The number of ether oxygens (including phenoxy) is 1. The summed E-state index contributed by atoms with van der Waals surface area (Å²) in [6.07, 6.45) is 3.52. The monoisotopic (exact) mass is 209 g/mol. The van der Waals surface area contributed by atoms with Crippen molar-refractivity contribution in [1.82, 2.24) is 0 Å². The summed E-state index contributed by atoms with van der Waals surface area (Å²) in [6.45, 7) is 2.76. The molecule has 2 N–H and O–H groups in total. The fourth-order valence-corrected chi connectivity index (χ4v) is 1.76. The summed E-state index contributed by atoms with van der Waals surface area (Å²) in [7, 11) is 0. The third-order valence-corrected chi connectivity index (χ3v) is 3.10. The van der Waals surface area contributed by atoms with Crippen LogP contribution in [0, 0.1) is 5.41 Å². The summed E-state index contributed by atoms with van der Waals surface area (Å²) < 4.78 is 10.2. The molecule has 1 aliphatic rings. The van der Waals surface area contributed by atoms with E-state index >= 15 is 0 Å². The van der Waals surface area contributed by atoms with Gasteiger partial charge < -0.3 is 14.9 Å². The largest absolute Gasteiger partial charge is 0.472 e. The van der Waals surface area contributed by atoms with Gasteiger partial charge in [-0.25, -0.2) is 0 Å². The van der Waals surface area contributed by atoms with Gasteiger partial charge in [0.25, 0.3) is 0 Å². The van der Waals surface area contributed by atoms with E-state index in [9.17, 15) is 4.79 Å². The van der Waals surface area contributed by atoms with E-state index in [-0.39, 0.29) is 11.8 Å². The minimum Gasteiger partial charge on any atom is -0.472 e. The smallest absolute Gasteiger partial charge is 0.147 e. The van der Waals surface area contributed by atoms with Crippen molar-refractivity contribution in [2.75, 3.05) is 13.2 Å². The predicted molar refractivity (Wildman–Crippen MR) is 54.3 cm³/mol. The first-order valence-electron chi connectivity index (χ1n) is 5.00. The highest BCUT2D eigenvalue weighted by molar-refractivity contribution is 5.87. The molecule has 2 heterocycles. The number of furan rings is 1. The van der Waals surface area contributed by atoms with Gasteiger partial charge in [0, 0.05) is 12.5 Å². The first-order chi connectivity index (χ1) is 7.13. The number of hydrogen-bond acceptors (Lipinski definition) is 4. The molecule has 1 saturated heterocycles. The Kier molecular flexibility index (Phi) is 2.63. The molecule has 2 unspecified atom stereocenters. The molecule has 1 aromatic rings. The van der Waals surface area contributed by atoms with E-state index in [0.717, 1.165) is 5.56 Å². The third kappa shape index (κ3) is 1.82. The molecule has 2 rings (SSSR count). The van der Waals surface area contributed by atoms with E-state index in [1.807, 2.05) is 6.92 Å². The van der Waals surface area contributed by atoms with Crippen molar-refractivity contribution in [1.29, 1.82) is 0 Å². The molecule has 4 nitrogen and oxygen atoms in total. The first kappa shape index (κ1) is 10.4. The molecule has 15 heavy (non-hydrogen) atoms. The molecule has 1 aliphatic heterocycles. The third-order valence-electron chi connectivity index (χ3n) is 3.10. The number of carbonyl (C=O) groups excluding carboxylic acids is 1. The fourth-order valence-electron chi connectivity index (χ4n) is 1.76. The minimum atomic E-state index is -0.544. The van der Waals surface area contributed by atoms with Crippen molar-refractivity contribution < 1.29 is 13.9 Å². The van der Waals surface area contributed by atoms with E-state index in [2.05, 4.69) is 0 Å². The average molecular weight is 209 g/mol. The maximum absolute atomic E-state index is 12.0. The number of Topliss-reactive ketones (excluding diaryl/α,β-unsaturated/α-hetero) is 1. The maximum Gasteiger partial charge on any atom is 0.147 e. The van der Waals surface area contributed by atoms with E-state index in [4.69, 9.17) is 14.9 Å². The number of rotatable bonds is 3. The Balaban J connectivity index is 2.07. The Morgan fingerprint density at radius 2 is 2.53 bits per heavy atom. The van der Waals surface area contributed by atoms with Crippen LogP contribution in [0.2, 0.25) is 0 Å². The second-order valence-electron chi connectivity index (χ2n) is 4.27. The van der Waals surface area contributed by atoms with Crippen LogP contribution in [0.4, 0.5) is 0 Å². The van der Waals surface area contributed by atoms with Gasteiger partial charge >= 0.3 is 0 Å². The van der Waals surface area contributed by atoms with Gasteiger partial charge in [0.1, 0.15) is 5.78 Å². The SMILES string of the molecule is CC1(C(=O)Cc2ccoc2)COCC1N. The lowest BCUT2D eigenvalue weighted by atomic mass is 9.79. The van der Waals surface area contributed by atoms with E-state index in [0.29, 0.717) is 19.6 Å². The molecule has 1 aromatic heterocycles. The molecule has 82 valence electrons. The summed E-state index contributed by atoms with van der Waals surface area (Å²) in [4.78, 5) is 12.0. The van der Waals surface area contributed by atoms with Crippen LogP contribution in [0.25, 0.3) is 0 Å². The zero-order valence-electron chi connectivity index (χ0n) is 8.73. The van der Waals surface area contributed by atoms with Gasteiger partial charge in [-0.2, -0.15) is 0 Å². The van der Waals surface area contributed by atoms with Crippen LogP contribution in [0.3, 0.4) is 0 Å². The van der Waals surface area contributed by atoms with Gasteiger partial charge in [-0.05, 0) is 18.6 Å². The Morgan fingerprint density at radius 1 is 1.73 bits per heavy atom. The van der Waals surface area contributed by atoms with E-state index < -0.39 is 5.41 Å². The quantitative estimate of drug-likeness (QED) is 0.798. The van der Waals surface area contributed by atoms with Crippen LogP contribution >= 0.6 is 0 Å². The molecule has 0 aliphatic carbocycles. The molecule has 4 heteroatoms. The van der Waals surface area contributed by atoms with Crippen molar-refractivity contribution in [3.8, 4) is 0 Å². The molecule has 0 radical (unpaired) electrons. The highest BCUT2D eigenvalue weighted by Crippen LogP contribution is 2.29. The average Bonchev–Trinajstić information content (AvgIpc) is 2.79. The van der Waals surface area contributed by atoms with Gasteiger partial charge in [-0.1, -0.05) is 0 Å². The van der Waals surface area contributed by atoms with Gasteiger partial charge in [-0.15, -0.1) is 0 Å². The zero-order valence-corrected chi connectivity index (χ0v) is 8.73. The molecular formula is C11H15NO3. The lowest BCUT2D eigenvalue weighted by Crippen LogP contribution is -2.45. The Hall–Kier alpha value is -1.13. The molecule has 1 fully saturated rings. The normalized spacial score (nSPS) is 30.7. The highest BCUT2D eigenvalue weighted by Gasteiger charge is 2.43. The van der Waals surface area contributed by atoms with Crippen molar-refractivity contribution >= 4 is 5.78 Å². The predicted octanol–water partition coefficient (Wildman–Crippen LogP) is 0.755. The molecule has 0 saturated carbocycles. The highest BCUT2D eigenvalue weighted by atomic mass is 16.5. The minimum absolute atomic E-state index is 0.119. The molecule has 0 spiro atoms. The van der Waals surface area contributed by atoms with Crippen LogP contribution in [0.15, 0.2) is 23.0 Å². The number of carbonyl (C=O) groups is 1. The van der Waals surface area contributed by atoms with E-state index in [1.54, 1.807) is 18.6 Å². The Bertz CT molecular complexity index is 347. The second-order valence-corrected chi connectivity index (χ2v) is 4.27. The first-order valence-corrected chi connectivity index (χ1v) is 5.00. The summed E-state index contributed by atoms with van der Waals surface area (Å²) >= 11 is 0. The molecule has 0 aromatic carbocycles. The molecule has 0 bridgehead atoms. The zero-order chi connectivity index (χ0) is 10.9. The van der Waals surface area contributed by atoms with Crippen molar-refractivity contribution in [3.63, 3.8) is 0 Å². The summed E-state index contributed by atoms with van der Waals surface area (Å²) in [5, 5.41) is 0. The molecule has 0 amide bonds. The van der Waals surface area contributed by atoms with Gasteiger partial charge in [0.2, 0.25) is 0 Å². The standard InChI is InChI=1S/C11H15NO3/c1-11(7-15-6-9(11)12)10(13)4-8-2-3-14-5-8/h2-3,5,9H,4,6-7,12H2,1H3. The maximum atomic E-state index is 12.0. The summed E-state index contributed by atoms with van der Waals surface area (Å²) in [6, 6.07) is 1.60. The van der Waals surface area contributed by atoms with Crippen LogP contribution in [0.1, 0.15) is 12.5 Å². The van der Waals surface area contributed by atoms with Crippen LogP contribution in [-0.2, 0) is 16.0 Å². The Morgan fingerprint density at radius 3 is 3.07 bits per heavy atom. The number of hydrogen-bond donors (Lipinski definition) is 1. The number of nitrogens with two attached hydrogens (primary N) is 1. The van der Waals surface area contributed by atoms with Crippen LogP contribution < -0.4 is 5.73 Å². The molecular weight excluding hydrogens is 194 g/mol. The second kappa shape index (κ2) is 3.79. The van der Waals surface area contributed by atoms with Gasteiger partial charge in [0.15, 0.2) is 0 Å². The number of ketones is 1. The van der Waals surface area contributed by atoms with Crippen LogP contribution in [0.5, 0.6) is 0 Å². The Labute approximate surface area is 88.4 Å². The van der Waals surface area contributed by atoms with Crippen molar-refractivity contribution in [3.05, 3.63) is 24.2 Å². The lowest BCUT2D eigenvalue weighted by Gasteiger charge is -2.24. The van der Waals surface area contributed by atoms with Gasteiger partial charge in [-0.3, -0.25) is 4.79 Å². The lowest BCUT2D eigenvalue weighted by molar-refractivity contribution is -0.127. The van der Waals surface area contributed by atoms with Gasteiger partial charge in [0.05, 0.1) is 31.2 Å². The fraction of sp³-hybridized carbons (Fsp3) is 0.545. The van der Waals surface area contributed by atoms with Crippen molar-refractivity contribution in [2.24, 2.45) is 11.1 Å². The van der Waals surface area contributed by atoms with Crippen LogP contribution in [-0.4, -0.2) is 25.0 Å². The topological polar surface area (TPSA) is 65.5 Å². The van der Waals surface area contributed by atoms with E-state index in [1.165, 1.54) is 0 Å². The summed E-state index contributed by atoms with van der Waals surface area (Å²) in [5.74, 6) is 0.119.